The van der Waals surface area contributed by atoms with Gasteiger partial charge in [-0.1, -0.05) is 12.1 Å². The maximum Gasteiger partial charge on any atom is 0.272 e. The molecule has 0 bridgehead atoms. The summed E-state index contributed by atoms with van der Waals surface area (Å²) in [7, 11) is 0. The third kappa shape index (κ3) is 2.76. The van der Waals surface area contributed by atoms with Crippen LogP contribution in [0.3, 0.4) is 0 Å². The van der Waals surface area contributed by atoms with Crippen molar-refractivity contribution in [1.82, 2.24) is 14.9 Å². The maximum absolute atomic E-state index is 12.3. The van der Waals surface area contributed by atoms with Crippen LogP contribution in [-0.2, 0) is 17.9 Å². The van der Waals surface area contributed by atoms with E-state index in [1.807, 2.05) is 18.2 Å². The molecule has 0 radical (unpaired) electrons. The monoisotopic (exact) mass is 297 g/mol. The van der Waals surface area contributed by atoms with E-state index in [1.165, 1.54) is 4.57 Å². The lowest BCUT2D eigenvalue weighted by atomic mass is 10.2. The molecular weight excluding hydrogens is 282 g/mol. The number of rotatable bonds is 4. The van der Waals surface area contributed by atoms with Crippen molar-refractivity contribution in [3.8, 4) is 0 Å². The number of carbonyl (C=O) groups is 1. The van der Waals surface area contributed by atoms with Crippen LogP contribution in [0.4, 0.5) is 0 Å². The molecule has 0 aliphatic rings. The van der Waals surface area contributed by atoms with Gasteiger partial charge >= 0.3 is 0 Å². The minimum Gasteiger partial charge on any atom is -0.467 e. The van der Waals surface area contributed by atoms with Gasteiger partial charge in [-0.2, -0.15) is 0 Å². The van der Waals surface area contributed by atoms with Crippen molar-refractivity contribution in [2.24, 2.45) is 0 Å². The Kier molecular flexibility index (Phi) is 3.74. The standard InChI is InChI=1S/C16H15N3O3/c1-11-16(21)19(14-7-3-2-6-13(14)18-11)10-15(20)17-9-12-5-4-8-22-12/h2-8H,9-10H2,1H3,(H,17,20). The number of carbonyl (C=O) groups excluding carboxylic acids is 1. The third-order valence-corrected chi connectivity index (χ3v) is 3.36. The van der Waals surface area contributed by atoms with Crippen molar-refractivity contribution < 1.29 is 9.21 Å². The van der Waals surface area contributed by atoms with Crippen LogP contribution in [0, 0.1) is 6.92 Å². The fourth-order valence-electron chi connectivity index (χ4n) is 2.28. The number of para-hydroxylation sites is 2. The number of hydrogen-bond donors (Lipinski definition) is 1. The lowest BCUT2D eigenvalue weighted by Gasteiger charge is -2.10. The fraction of sp³-hybridized carbons (Fsp3) is 0.188. The van der Waals surface area contributed by atoms with E-state index in [2.05, 4.69) is 10.3 Å². The molecule has 3 rings (SSSR count). The number of aryl methyl sites for hydroxylation is 1. The molecule has 0 saturated carbocycles. The van der Waals surface area contributed by atoms with Gasteiger partial charge in [-0.05, 0) is 31.2 Å². The molecule has 1 aromatic carbocycles. The average molecular weight is 297 g/mol. The Morgan fingerprint density at radius 3 is 2.86 bits per heavy atom. The normalized spacial score (nSPS) is 10.8. The van der Waals surface area contributed by atoms with E-state index in [4.69, 9.17) is 4.42 Å². The van der Waals surface area contributed by atoms with Gasteiger partial charge < -0.3 is 9.73 Å². The van der Waals surface area contributed by atoms with E-state index in [0.29, 0.717) is 29.0 Å². The molecule has 0 unspecified atom stereocenters. The van der Waals surface area contributed by atoms with Gasteiger partial charge in [-0.25, -0.2) is 4.98 Å². The number of furan rings is 1. The summed E-state index contributed by atoms with van der Waals surface area (Å²) in [4.78, 5) is 28.6. The third-order valence-electron chi connectivity index (χ3n) is 3.36. The smallest absolute Gasteiger partial charge is 0.272 e. The molecular formula is C16H15N3O3. The first-order valence-corrected chi connectivity index (χ1v) is 6.90. The highest BCUT2D eigenvalue weighted by Crippen LogP contribution is 2.09. The summed E-state index contributed by atoms with van der Waals surface area (Å²) in [6.45, 7) is 1.89. The highest BCUT2D eigenvalue weighted by atomic mass is 16.3. The zero-order chi connectivity index (χ0) is 15.5. The van der Waals surface area contributed by atoms with Crippen LogP contribution in [0.1, 0.15) is 11.5 Å². The summed E-state index contributed by atoms with van der Waals surface area (Å²) in [6, 6.07) is 10.8. The SMILES string of the molecule is Cc1nc2ccccc2n(CC(=O)NCc2ccco2)c1=O. The second-order valence-corrected chi connectivity index (χ2v) is 4.93. The number of aromatic nitrogens is 2. The molecule has 0 aliphatic heterocycles. The van der Waals surface area contributed by atoms with Crippen LogP contribution < -0.4 is 10.9 Å². The van der Waals surface area contributed by atoms with Crippen LogP contribution in [-0.4, -0.2) is 15.5 Å². The van der Waals surface area contributed by atoms with E-state index in [0.717, 1.165) is 0 Å². The molecule has 0 aliphatic carbocycles. The van der Waals surface area contributed by atoms with E-state index in [1.54, 1.807) is 31.4 Å². The highest BCUT2D eigenvalue weighted by Gasteiger charge is 2.11. The van der Waals surface area contributed by atoms with Crippen LogP contribution in [0.2, 0.25) is 0 Å². The molecule has 2 aromatic heterocycles. The molecule has 0 spiro atoms. The second kappa shape index (κ2) is 5.85. The number of amides is 1. The molecule has 112 valence electrons. The quantitative estimate of drug-likeness (QED) is 0.793. The van der Waals surface area contributed by atoms with Gasteiger partial charge in [0.1, 0.15) is 18.0 Å². The van der Waals surface area contributed by atoms with Crippen molar-refractivity contribution in [3.63, 3.8) is 0 Å². The summed E-state index contributed by atoms with van der Waals surface area (Å²) in [5.74, 6) is 0.408. The topological polar surface area (TPSA) is 77.1 Å². The average Bonchev–Trinajstić information content (AvgIpc) is 3.03. The van der Waals surface area contributed by atoms with Crippen LogP contribution in [0.25, 0.3) is 11.0 Å². The van der Waals surface area contributed by atoms with Gasteiger partial charge in [0.05, 0.1) is 23.8 Å². The first-order chi connectivity index (χ1) is 10.6. The molecule has 6 heteroatoms. The number of nitrogens with one attached hydrogen (secondary N) is 1. The summed E-state index contributed by atoms with van der Waals surface area (Å²) in [5, 5.41) is 2.73. The van der Waals surface area contributed by atoms with Crippen molar-refractivity contribution in [2.45, 2.75) is 20.0 Å². The Labute approximate surface area is 126 Å². The molecule has 6 nitrogen and oxygen atoms in total. The summed E-state index contributed by atoms with van der Waals surface area (Å²) in [6.07, 6.45) is 1.55. The molecule has 3 aromatic rings. The van der Waals surface area contributed by atoms with E-state index in [-0.39, 0.29) is 18.0 Å². The van der Waals surface area contributed by atoms with E-state index in [9.17, 15) is 9.59 Å². The minimum absolute atomic E-state index is 0.0522. The Morgan fingerprint density at radius 2 is 2.09 bits per heavy atom. The number of hydrogen-bond acceptors (Lipinski definition) is 4. The fourth-order valence-corrected chi connectivity index (χ4v) is 2.28. The highest BCUT2D eigenvalue weighted by molar-refractivity contribution is 5.80. The van der Waals surface area contributed by atoms with Crippen molar-refractivity contribution >= 4 is 16.9 Å². The number of benzene rings is 1. The van der Waals surface area contributed by atoms with Gasteiger partial charge in [-0.15, -0.1) is 0 Å². The first-order valence-electron chi connectivity index (χ1n) is 6.90. The molecule has 22 heavy (non-hydrogen) atoms. The van der Waals surface area contributed by atoms with Gasteiger partial charge in [0.15, 0.2) is 0 Å². The van der Waals surface area contributed by atoms with Crippen molar-refractivity contribution in [2.75, 3.05) is 0 Å². The molecule has 2 heterocycles. The lowest BCUT2D eigenvalue weighted by molar-refractivity contribution is -0.121. The Morgan fingerprint density at radius 1 is 1.27 bits per heavy atom. The summed E-state index contributed by atoms with van der Waals surface area (Å²) >= 11 is 0. The van der Waals surface area contributed by atoms with Gasteiger partial charge in [-0.3, -0.25) is 14.2 Å². The van der Waals surface area contributed by atoms with E-state index >= 15 is 0 Å². The number of fused-ring (bicyclic) bond motifs is 1. The van der Waals surface area contributed by atoms with Crippen molar-refractivity contribution in [3.05, 3.63) is 64.5 Å². The Balaban J connectivity index is 1.85. The largest absolute Gasteiger partial charge is 0.467 e. The summed E-state index contributed by atoms with van der Waals surface area (Å²) in [5.41, 5.74) is 1.45. The molecule has 0 saturated heterocycles. The predicted octanol–water partition coefficient (Wildman–Crippen LogP) is 1.61. The Hall–Kier alpha value is -2.89. The van der Waals surface area contributed by atoms with E-state index < -0.39 is 0 Å². The summed E-state index contributed by atoms with van der Waals surface area (Å²) < 4.78 is 6.59. The minimum atomic E-state index is -0.258. The van der Waals surface area contributed by atoms with Crippen LogP contribution in [0.5, 0.6) is 0 Å². The van der Waals surface area contributed by atoms with Gasteiger partial charge in [0.2, 0.25) is 5.91 Å². The maximum atomic E-state index is 12.3. The Bertz CT molecular complexity index is 866. The zero-order valence-corrected chi connectivity index (χ0v) is 12.1. The van der Waals surface area contributed by atoms with Crippen molar-refractivity contribution in [1.29, 1.82) is 0 Å². The lowest BCUT2D eigenvalue weighted by Crippen LogP contribution is -2.33. The zero-order valence-electron chi connectivity index (χ0n) is 12.1. The molecule has 0 fully saturated rings. The van der Waals surface area contributed by atoms with Gasteiger partial charge in [0.25, 0.3) is 5.56 Å². The van der Waals surface area contributed by atoms with Crippen LogP contribution in [0.15, 0.2) is 51.9 Å². The first kappa shape index (κ1) is 14.1. The molecule has 1 amide bonds. The van der Waals surface area contributed by atoms with Crippen LogP contribution >= 0.6 is 0 Å². The molecule has 0 atom stereocenters. The second-order valence-electron chi connectivity index (χ2n) is 4.93. The predicted molar refractivity (Wildman–Crippen MR) is 81.3 cm³/mol. The molecule has 1 N–H and O–H groups in total. The van der Waals surface area contributed by atoms with Gasteiger partial charge in [0, 0.05) is 0 Å². The number of nitrogens with zero attached hydrogens (tertiary/aromatic N) is 2.